The van der Waals surface area contributed by atoms with Gasteiger partial charge in [-0.3, -0.25) is 14.4 Å². The van der Waals surface area contributed by atoms with Crippen LogP contribution in [0.15, 0.2) is 66.7 Å². The molecule has 1 heterocycles. The van der Waals surface area contributed by atoms with Crippen molar-refractivity contribution in [2.24, 2.45) is 17.6 Å². The summed E-state index contributed by atoms with van der Waals surface area (Å²) in [6.45, 7) is 5.28. The van der Waals surface area contributed by atoms with E-state index in [4.69, 9.17) is 19.9 Å². The van der Waals surface area contributed by atoms with Gasteiger partial charge >= 0.3 is 0 Å². The molecule has 1 atom stereocenters. The topological polar surface area (TPSA) is 195 Å². The van der Waals surface area contributed by atoms with Gasteiger partial charge in [0.1, 0.15) is 6.04 Å². The summed E-state index contributed by atoms with van der Waals surface area (Å²) in [6, 6.07) is 19.7. The Morgan fingerprint density at radius 1 is 0.906 bits per heavy atom. The third-order valence-corrected chi connectivity index (χ3v) is 9.45. The van der Waals surface area contributed by atoms with E-state index < -0.39 is 6.04 Å². The predicted octanol–water partition coefficient (Wildman–Crippen LogP) is 3.68. The number of anilines is 1. The lowest BCUT2D eigenvalue weighted by atomic mass is 9.81. The van der Waals surface area contributed by atoms with Gasteiger partial charge in [-0.15, -0.1) is 10.2 Å². The Balaban J connectivity index is 1.25. The highest BCUT2D eigenvalue weighted by Gasteiger charge is 2.29. The Morgan fingerprint density at radius 3 is 2.38 bits per heavy atom. The lowest BCUT2D eigenvalue weighted by molar-refractivity contribution is -0.130. The number of carbonyl (C=O) groups is 3. The molecule has 0 spiro atoms. The molecule has 3 aromatic carbocycles. The first kappa shape index (κ1) is 39.2. The lowest BCUT2D eigenvalue weighted by Gasteiger charge is -2.28. The molecule has 53 heavy (non-hydrogen) atoms. The summed E-state index contributed by atoms with van der Waals surface area (Å²) in [7, 11) is 1.62. The second kappa shape index (κ2) is 20.3. The third-order valence-electron chi connectivity index (χ3n) is 9.45. The number of aromatic nitrogens is 4. The van der Waals surface area contributed by atoms with Crippen LogP contribution in [0.3, 0.4) is 0 Å². The van der Waals surface area contributed by atoms with E-state index in [1.165, 1.54) is 0 Å². The average molecular weight is 727 g/mol. The molecule has 282 valence electrons. The molecule has 0 bridgehead atoms. The molecule has 6 N–H and O–H groups in total. The second-order valence-corrected chi connectivity index (χ2v) is 13.2. The minimum atomic E-state index is -0.834. The van der Waals surface area contributed by atoms with Crippen LogP contribution in [0, 0.1) is 18.8 Å². The van der Waals surface area contributed by atoms with Crippen molar-refractivity contribution in [3.8, 4) is 22.5 Å². The minimum absolute atomic E-state index is 0.125. The number of ether oxygens (including phenoxy) is 3. The number of rotatable bonds is 19. The number of aromatic amines is 1. The number of H-pyrrole nitrogens is 1. The summed E-state index contributed by atoms with van der Waals surface area (Å²) in [5, 5.41) is 23.0. The summed E-state index contributed by atoms with van der Waals surface area (Å²) in [5.41, 5.74) is 11.4. The molecule has 3 amide bonds. The van der Waals surface area contributed by atoms with E-state index in [1.54, 1.807) is 37.4 Å². The maximum atomic E-state index is 13.8. The van der Waals surface area contributed by atoms with Crippen LogP contribution in [0.5, 0.6) is 0 Å². The number of hydrogen-bond donors (Lipinski definition) is 5. The molecule has 14 heteroatoms. The number of aryl methyl sites for hydroxylation is 1. The number of hydrogen-bond acceptors (Lipinski definition) is 10. The molecule has 0 aliphatic heterocycles. The molecular formula is C39H50N8O6. The van der Waals surface area contributed by atoms with Crippen LogP contribution in [-0.4, -0.2) is 97.6 Å². The first-order chi connectivity index (χ1) is 25.8. The molecule has 1 aromatic heterocycles. The van der Waals surface area contributed by atoms with E-state index in [2.05, 4.69) is 36.6 Å². The predicted molar refractivity (Wildman–Crippen MR) is 201 cm³/mol. The molecule has 0 radical (unpaired) electrons. The van der Waals surface area contributed by atoms with Crippen LogP contribution in [0.2, 0.25) is 0 Å². The monoisotopic (exact) mass is 726 g/mol. The fraction of sp³-hybridized carbons (Fsp3) is 0.436. The smallest absolute Gasteiger partial charge is 0.251 e. The van der Waals surface area contributed by atoms with Crippen molar-refractivity contribution in [1.29, 1.82) is 0 Å². The molecule has 14 nitrogen and oxygen atoms in total. The Kier molecular flexibility index (Phi) is 15.0. The van der Waals surface area contributed by atoms with Crippen LogP contribution in [-0.2, 0) is 30.2 Å². The molecule has 1 aliphatic rings. The molecule has 1 saturated carbocycles. The number of carbonyl (C=O) groups excluding carboxylic acids is 3. The largest absolute Gasteiger partial charge is 0.382 e. The first-order valence-electron chi connectivity index (χ1n) is 18.1. The number of benzene rings is 3. The zero-order valence-electron chi connectivity index (χ0n) is 30.4. The van der Waals surface area contributed by atoms with Crippen molar-refractivity contribution in [3.63, 3.8) is 0 Å². The van der Waals surface area contributed by atoms with Gasteiger partial charge in [0.25, 0.3) is 5.91 Å². The summed E-state index contributed by atoms with van der Waals surface area (Å²) in [4.78, 5) is 40.4. The van der Waals surface area contributed by atoms with Crippen molar-refractivity contribution >= 4 is 23.4 Å². The highest BCUT2D eigenvalue weighted by Crippen LogP contribution is 2.29. The number of nitrogens with zero attached hydrogens (tertiary/aromatic N) is 3. The molecule has 1 fully saturated rings. The van der Waals surface area contributed by atoms with Crippen molar-refractivity contribution < 1.29 is 28.6 Å². The van der Waals surface area contributed by atoms with Gasteiger partial charge in [0.2, 0.25) is 17.6 Å². The van der Waals surface area contributed by atoms with Crippen LogP contribution < -0.4 is 21.7 Å². The maximum Gasteiger partial charge on any atom is 0.251 e. The van der Waals surface area contributed by atoms with E-state index >= 15 is 0 Å². The molecular weight excluding hydrogens is 676 g/mol. The van der Waals surface area contributed by atoms with E-state index in [1.807, 2.05) is 43.3 Å². The molecule has 4 aromatic rings. The van der Waals surface area contributed by atoms with E-state index in [0.29, 0.717) is 69.1 Å². The van der Waals surface area contributed by atoms with Gasteiger partial charge in [0.15, 0.2) is 0 Å². The first-order valence-corrected chi connectivity index (χ1v) is 18.1. The minimum Gasteiger partial charge on any atom is -0.382 e. The zero-order chi connectivity index (χ0) is 37.4. The molecule has 0 saturated heterocycles. The van der Waals surface area contributed by atoms with Gasteiger partial charge in [0.05, 0.1) is 33.0 Å². The normalized spacial score (nSPS) is 16.1. The summed E-state index contributed by atoms with van der Waals surface area (Å²) in [6.07, 6.45) is 3.55. The molecule has 5 rings (SSSR count). The Labute approximate surface area is 309 Å². The zero-order valence-corrected chi connectivity index (χ0v) is 30.4. The van der Waals surface area contributed by atoms with Gasteiger partial charge in [0, 0.05) is 42.8 Å². The van der Waals surface area contributed by atoms with Gasteiger partial charge in [-0.2, -0.15) is 5.21 Å². The van der Waals surface area contributed by atoms with Crippen molar-refractivity contribution in [1.82, 2.24) is 31.3 Å². The van der Waals surface area contributed by atoms with Gasteiger partial charge in [-0.25, -0.2) is 0 Å². The second-order valence-electron chi connectivity index (χ2n) is 13.2. The van der Waals surface area contributed by atoms with Crippen LogP contribution >= 0.6 is 0 Å². The third kappa shape index (κ3) is 11.7. The summed E-state index contributed by atoms with van der Waals surface area (Å²) in [5.74, 6) is 0.0494. The highest BCUT2D eigenvalue weighted by atomic mass is 16.5. The average Bonchev–Trinajstić information content (AvgIpc) is 3.73. The van der Waals surface area contributed by atoms with Crippen LogP contribution in [0.4, 0.5) is 5.69 Å². The number of nitrogens with two attached hydrogens (primary N) is 1. The summed E-state index contributed by atoms with van der Waals surface area (Å²) < 4.78 is 15.9. The van der Waals surface area contributed by atoms with Crippen molar-refractivity contribution in [2.45, 2.75) is 45.1 Å². The maximum absolute atomic E-state index is 13.8. The molecule has 1 aliphatic carbocycles. The lowest BCUT2D eigenvalue weighted by Crippen LogP contribution is -2.48. The fourth-order valence-corrected chi connectivity index (χ4v) is 6.35. The Hall–Kier alpha value is -5.02. The Morgan fingerprint density at radius 2 is 1.66 bits per heavy atom. The quantitative estimate of drug-likeness (QED) is 0.0890. The number of amides is 3. The number of methoxy groups -OCH3 is 1. The number of tetrazole rings is 1. The van der Waals surface area contributed by atoms with Crippen molar-refractivity contribution in [3.05, 3.63) is 83.4 Å². The van der Waals surface area contributed by atoms with Gasteiger partial charge in [-0.05, 0) is 109 Å². The van der Waals surface area contributed by atoms with E-state index in [9.17, 15) is 14.4 Å². The summed E-state index contributed by atoms with van der Waals surface area (Å²) >= 11 is 0. The standard InChI is InChI=1S/C39H50N8O6/c1-26-6-9-32(37(48)41-16-17-52-20-21-53-19-18-51-2)24-34(26)31-5-3-4-28(22-31)23-35(43-38(49)30-10-7-27(25-40)8-11-30)39(50)42-33-14-12-29(13-15-33)36-44-46-47-45-36/h3-6,9,12-15,22,24,27,30,35H,7-8,10-11,16-21,23,25,40H2,1-2H3,(H,41,48)(H,42,50)(H,43,49)(H,44,45,46,47). The van der Waals surface area contributed by atoms with Gasteiger partial charge in [-0.1, -0.05) is 30.3 Å². The molecule has 1 unspecified atom stereocenters. The van der Waals surface area contributed by atoms with Crippen LogP contribution in [0.1, 0.15) is 47.2 Å². The van der Waals surface area contributed by atoms with Crippen LogP contribution in [0.25, 0.3) is 22.5 Å². The number of nitrogens with one attached hydrogen (secondary N) is 4. The fourth-order valence-electron chi connectivity index (χ4n) is 6.35. The highest BCUT2D eigenvalue weighted by molar-refractivity contribution is 5.98. The van der Waals surface area contributed by atoms with Crippen molar-refractivity contribution in [2.75, 3.05) is 58.6 Å². The van der Waals surface area contributed by atoms with E-state index in [-0.39, 0.29) is 30.1 Å². The van der Waals surface area contributed by atoms with Gasteiger partial charge < -0.3 is 35.9 Å². The Bertz CT molecular complexity index is 1760. The SMILES string of the molecule is COCCOCCOCCNC(=O)c1ccc(C)c(-c2cccc(CC(NC(=O)C3CCC(CN)CC3)C(=O)Nc3ccc(-c4nn[nH]n4)cc3)c2)c1. The van der Waals surface area contributed by atoms with E-state index in [0.717, 1.165) is 53.5 Å².